The van der Waals surface area contributed by atoms with E-state index in [1.54, 1.807) is 11.1 Å². The topological polar surface area (TPSA) is 49.4 Å². The van der Waals surface area contributed by atoms with E-state index in [1.807, 2.05) is 24.3 Å². The summed E-state index contributed by atoms with van der Waals surface area (Å²) in [6.07, 6.45) is 3.97. The van der Waals surface area contributed by atoms with Crippen LogP contribution in [0.4, 0.5) is 5.69 Å². The number of nitrogens with zero attached hydrogens (tertiary/aromatic N) is 1. The van der Waals surface area contributed by atoms with E-state index in [4.69, 9.17) is 0 Å². The van der Waals surface area contributed by atoms with Gasteiger partial charge in [-0.25, -0.2) is 0 Å². The summed E-state index contributed by atoms with van der Waals surface area (Å²) in [5.74, 6) is -0.220. The first-order chi connectivity index (χ1) is 8.75. The Morgan fingerprint density at radius 2 is 2.06 bits per heavy atom. The van der Waals surface area contributed by atoms with E-state index >= 15 is 0 Å². The van der Waals surface area contributed by atoms with Crippen molar-refractivity contribution < 1.29 is 9.59 Å². The Bertz CT molecular complexity index is 536. The van der Waals surface area contributed by atoms with Crippen LogP contribution in [0.2, 0.25) is 0 Å². The first-order valence-corrected chi connectivity index (χ1v) is 6.11. The zero-order chi connectivity index (χ0) is 12.5. The van der Waals surface area contributed by atoms with E-state index in [0.717, 1.165) is 24.2 Å². The molecule has 0 saturated heterocycles. The van der Waals surface area contributed by atoms with E-state index in [-0.39, 0.29) is 24.2 Å². The highest BCUT2D eigenvalue weighted by Crippen LogP contribution is 2.35. The van der Waals surface area contributed by atoms with Gasteiger partial charge in [-0.1, -0.05) is 18.2 Å². The van der Waals surface area contributed by atoms with Crippen LogP contribution in [0.1, 0.15) is 24.4 Å². The molecule has 92 valence electrons. The Morgan fingerprint density at radius 3 is 2.89 bits per heavy atom. The Labute approximate surface area is 105 Å². The van der Waals surface area contributed by atoms with Crippen molar-refractivity contribution >= 4 is 17.4 Å². The molecule has 0 saturated carbocycles. The summed E-state index contributed by atoms with van der Waals surface area (Å²) >= 11 is 0. The van der Waals surface area contributed by atoms with Gasteiger partial charge in [0.2, 0.25) is 5.91 Å². The number of para-hydroxylation sites is 1. The SMILES string of the molecule is O=C1C=CN(C2CCNc3ccccc32)C(=O)C1. The van der Waals surface area contributed by atoms with Crippen LogP contribution in [0.3, 0.4) is 0 Å². The molecule has 0 radical (unpaired) electrons. The third kappa shape index (κ3) is 1.79. The number of nitrogens with one attached hydrogen (secondary N) is 1. The normalized spacial score (nSPS) is 22.7. The van der Waals surface area contributed by atoms with Crippen LogP contribution in [0, 0.1) is 0 Å². The maximum Gasteiger partial charge on any atom is 0.234 e. The molecule has 1 amide bonds. The minimum atomic E-state index is -0.113. The summed E-state index contributed by atoms with van der Waals surface area (Å²) in [6, 6.07) is 8.04. The molecule has 1 aromatic rings. The van der Waals surface area contributed by atoms with Gasteiger partial charge in [-0.15, -0.1) is 0 Å². The number of amides is 1. The molecule has 0 bridgehead atoms. The molecule has 3 rings (SSSR count). The van der Waals surface area contributed by atoms with Gasteiger partial charge >= 0.3 is 0 Å². The van der Waals surface area contributed by atoms with Crippen molar-refractivity contribution in [3.05, 3.63) is 42.1 Å². The van der Waals surface area contributed by atoms with Crippen molar-refractivity contribution in [3.63, 3.8) is 0 Å². The minimum Gasteiger partial charge on any atom is -0.385 e. The van der Waals surface area contributed by atoms with Crippen molar-refractivity contribution in [1.29, 1.82) is 0 Å². The van der Waals surface area contributed by atoms with Gasteiger partial charge < -0.3 is 10.2 Å². The predicted molar refractivity (Wildman–Crippen MR) is 67.9 cm³/mol. The van der Waals surface area contributed by atoms with Gasteiger partial charge in [-0.05, 0) is 24.1 Å². The van der Waals surface area contributed by atoms with Crippen molar-refractivity contribution in [2.45, 2.75) is 18.9 Å². The number of fused-ring (bicyclic) bond motifs is 1. The molecule has 1 N–H and O–H groups in total. The van der Waals surface area contributed by atoms with Crippen LogP contribution in [0.5, 0.6) is 0 Å². The highest BCUT2D eigenvalue weighted by Gasteiger charge is 2.30. The van der Waals surface area contributed by atoms with E-state index in [1.165, 1.54) is 6.08 Å². The summed E-state index contributed by atoms with van der Waals surface area (Å²) in [5.41, 5.74) is 2.20. The number of allylic oxidation sites excluding steroid dienone is 1. The summed E-state index contributed by atoms with van der Waals surface area (Å²) in [5, 5.41) is 3.33. The molecule has 18 heavy (non-hydrogen) atoms. The molecule has 1 unspecified atom stereocenters. The predicted octanol–water partition coefficient (Wildman–Crippen LogP) is 1.86. The minimum absolute atomic E-state index is 0.0113. The quantitative estimate of drug-likeness (QED) is 0.765. The number of hydrogen-bond donors (Lipinski definition) is 1. The Kier molecular flexibility index (Phi) is 2.63. The lowest BCUT2D eigenvalue weighted by Crippen LogP contribution is -2.37. The average molecular weight is 242 g/mol. The molecule has 0 spiro atoms. The Hall–Kier alpha value is -2.10. The molecule has 0 aliphatic carbocycles. The van der Waals surface area contributed by atoms with Crippen LogP contribution in [-0.4, -0.2) is 23.1 Å². The van der Waals surface area contributed by atoms with Gasteiger partial charge in [0.15, 0.2) is 5.78 Å². The lowest BCUT2D eigenvalue weighted by Gasteiger charge is -2.35. The van der Waals surface area contributed by atoms with Gasteiger partial charge in [-0.3, -0.25) is 9.59 Å². The second-order valence-electron chi connectivity index (χ2n) is 4.58. The van der Waals surface area contributed by atoms with Crippen molar-refractivity contribution in [3.8, 4) is 0 Å². The first-order valence-electron chi connectivity index (χ1n) is 6.11. The fourth-order valence-corrected chi connectivity index (χ4v) is 2.56. The fraction of sp³-hybridized carbons (Fsp3) is 0.286. The third-order valence-corrected chi connectivity index (χ3v) is 3.42. The molecule has 4 heteroatoms. The maximum atomic E-state index is 11.9. The van der Waals surface area contributed by atoms with Crippen LogP contribution >= 0.6 is 0 Å². The molecule has 1 aromatic carbocycles. The lowest BCUT2D eigenvalue weighted by molar-refractivity contribution is -0.135. The first kappa shape index (κ1) is 11.0. The number of anilines is 1. The van der Waals surface area contributed by atoms with Crippen LogP contribution in [0.15, 0.2) is 36.5 Å². The molecule has 2 aliphatic rings. The molecular weight excluding hydrogens is 228 g/mol. The fourth-order valence-electron chi connectivity index (χ4n) is 2.56. The van der Waals surface area contributed by atoms with Gasteiger partial charge in [-0.2, -0.15) is 0 Å². The maximum absolute atomic E-state index is 11.9. The average Bonchev–Trinajstić information content (AvgIpc) is 2.38. The zero-order valence-electron chi connectivity index (χ0n) is 9.93. The smallest absolute Gasteiger partial charge is 0.234 e. The summed E-state index contributed by atoms with van der Waals surface area (Å²) in [6.45, 7) is 0.841. The molecule has 2 heterocycles. The molecule has 4 nitrogen and oxygen atoms in total. The van der Waals surface area contributed by atoms with Crippen LogP contribution < -0.4 is 5.32 Å². The number of carbonyl (C=O) groups excluding carboxylic acids is 2. The van der Waals surface area contributed by atoms with Crippen molar-refractivity contribution in [2.24, 2.45) is 0 Å². The highest BCUT2D eigenvalue weighted by atomic mass is 16.2. The zero-order valence-corrected chi connectivity index (χ0v) is 9.93. The standard InChI is InChI=1S/C14H14N2O2/c17-10-6-8-16(14(18)9-10)13-5-7-15-12-4-2-1-3-11(12)13/h1-4,6,8,13,15H,5,7,9H2. The third-order valence-electron chi connectivity index (χ3n) is 3.42. The molecule has 0 fully saturated rings. The monoisotopic (exact) mass is 242 g/mol. The van der Waals surface area contributed by atoms with E-state index in [2.05, 4.69) is 5.32 Å². The second-order valence-corrected chi connectivity index (χ2v) is 4.58. The van der Waals surface area contributed by atoms with Crippen molar-refractivity contribution in [1.82, 2.24) is 4.90 Å². The molecule has 1 atom stereocenters. The number of rotatable bonds is 1. The largest absolute Gasteiger partial charge is 0.385 e. The van der Waals surface area contributed by atoms with Gasteiger partial charge in [0, 0.05) is 18.4 Å². The molecular formula is C14H14N2O2. The lowest BCUT2D eigenvalue weighted by atomic mass is 9.95. The number of benzene rings is 1. The summed E-state index contributed by atoms with van der Waals surface area (Å²) < 4.78 is 0. The highest BCUT2D eigenvalue weighted by molar-refractivity contribution is 6.06. The van der Waals surface area contributed by atoms with E-state index < -0.39 is 0 Å². The van der Waals surface area contributed by atoms with Crippen LogP contribution in [0.25, 0.3) is 0 Å². The number of ketones is 1. The molecule has 0 aromatic heterocycles. The van der Waals surface area contributed by atoms with Gasteiger partial charge in [0.05, 0.1) is 12.5 Å². The van der Waals surface area contributed by atoms with Crippen molar-refractivity contribution in [2.75, 3.05) is 11.9 Å². The second kappa shape index (κ2) is 4.29. The Morgan fingerprint density at radius 1 is 1.22 bits per heavy atom. The number of hydrogen-bond acceptors (Lipinski definition) is 3. The Balaban J connectivity index is 1.97. The van der Waals surface area contributed by atoms with Gasteiger partial charge in [0.1, 0.15) is 0 Å². The number of carbonyl (C=O) groups is 2. The van der Waals surface area contributed by atoms with Crippen LogP contribution in [-0.2, 0) is 9.59 Å². The van der Waals surface area contributed by atoms with Gasteiger partial charge in [0.25, 0.3) is 0 Å². The van der Waals surface area contributed by atoms with E-state index in [0.29, 0.717) is 0 Å². The summed E-state index contributed by atoms with van der Waals surface area (Å²) in [7, 11) is 0. The summed E-state index contributed by atoms with van der Waals surface area (Å²) in [4.78, 5) is 24.8. The molecule has 2 aliphatic heterocycles. The van der Waals surface area contributed by atoms with E-state index in [9.17, 15) is 9.59 Å².